The van der Waals surface area contributed by atoms with Gasteiger partial charge in [-0.15, -0.1) is 11.3 Å². The van der Waals surface area contributed by atoms with Crippen molar-refractivity contribution in [3.63, 3.8) is 0 Å². The summed E-state index contributed by atoms with van der Waals surface area (Å²) < 4.78 is 2.23. The Morgan fingerprint density at radius 3 is 2.92 bits per heavy atom. The van der Waals surface area contributed by atoms with Crippen LogP contribution in [0.25, 0.3) is 10.1 Å². The van der Waals surface area contributed by atoms with Crippen molar-refractivity contribution >= 4 is 43.6 Å². The summed E-state index contributed by atoms with van der Waals surface area (Å²) >= 11 is 5.04. The molecule has 13 heavy (non-hydrogen) atoms. The number of aryl methyl sites for hydroxylation is 1. The summed E-state index contributed by atoms with van der Waals surface area (Å²) in [7, 11) is 0. The van der Waals surface area contributed by atoms with Crippen LogP contribution in [-0.2, 0) is 0 Å². The fourth-order valence-electron chi connectivity index (χ4n) is 1.45. The van der Waals surface area contributed by atoms with Crippen LogP contribution in [0.2, 0.25) is 0 Å². The Labute approximate surface area is 88.5 Å². The minimum absolute atomic E-state index is 0.796. The number of rotatable bonds is 1. The topological polar surface area (TPSA) is 17.1 Å². The van der Waals surface area contributed by atoms with Gasteiger partial charge in [-0.25, -0.2) is 0 Å². The van der Waals surface area contributed by atoms with Crippen molar-refractivity contribution in [2.24, 2.45) is 0 Å². The molecule has 0 saturated carbocycles. The van der Waals surface area contributed by atoms with Crippen LogP contribution in [0.3, 0.4) is 0 Å². The van der Waals surface area contributed by atoms with Crippen molar-refractivity contribution in [3.05, 3.63) is 33.1 Å². The molecule has 1 nitrogen and oxygen atoms in total. The molecule has 66 valence electrons. The fraction of sp³-hybridized carbons (Fsp3) is 0.100. The number of benzene rings is 1. The summed E-state index contributed by atoms with van der Waals surface area (Å²) in [6, 6.07) is 4.07. The van der Waals surface area contributed by atoms with Crippen LogP contribution in [0.5, 0.6) is 0 Å². The molecule has 1 aromatic carbocycles. The Bertz CT molecular complexity index is 473. The lowest BCUT2D eigenvalue weighted by atomic mass is 10.1. The average molecular weight is 255 g/mol. The summed E-state index contributed by atoms with van der Waals surface area (Å²) in [5, 5.41) is 2.99. The van der Waals surface area contributed by atoms with E-state index in [4.69, 9.17) is 0 Å². The van der Waals surface area contributed by atoms with Gasteiger partial charge in [0.05, 0.1) is 0 Å². The first-order valence-electron chi connectivity index (χ1n) is 3.85. The maximum absolute atomic E-state index is 10.7. The lowest BCUT2D eigenvalue weighted by molar-refractivity contribution is 0.112. The third kappa shape index (κ3) is 1.42. The van der Waals surface area contributed by atoms with Crippen molar-refractivity contribution in [3.8, 4) is 0 Å². The van der Waals surface area contributed by atoms with E-state index < -0.39 is 0 Å². The fourth-order valence-corrected chi connectivity index (χ4v) is 3.19. The normalized spacial score (nSPS) is 10.6. The number of carbonyl (C=O) groups is 1. The van der Waals surface area contributed by atoms with Crippen molar-refractivity contribution in [2.45, 2.75) is 6.92 Å². The molecule has 0 amide bonds. The van der Waals surface area contributed by atoms with E-state index in [0.29, 0.717) is 0 Å². The second kappa shape index (κ2) is 3.24. The lowest BCUT2D eigenvalue weighted by Crippen LogP contribution is -1.80. The van der Waals surface area contributed by atoms with Gasteiger partial charge in [0.25, 0.3) is 0 Å². The van der Waals surface area contributed by atoms with Crippen LogP contribution < -0.4 is 0 Å². The first kappa shape index (κ1) is 8.91. The van der Waals surface area contributed by atoms with E-state index in [1.165, 1.54) is 0 Å². The zero-order valence-electron chi connectivity index (χ0n) is 7.00. The largest absolute Gasteiger partial charge is 0.298 e. The molecule has 0 aliphatic carbocycles. The average Bonchev–Trinajstić information content (AvgIpc) is 2.47. The number of thiophene rings is 1. The lowest BCUT2D eigenvalue weighted by Gasteiger charge is -1.98. The molecule has 0 saturated heterocycles. The molecule has 0 aliphatic heterocycles. The zero-order valence-corrected chi connectivity index (χ0v) is 9.41. The maximum atomic E-state index is 10.7. The number of aldehydes is 1. The van der Waals surface area contributed by atoms with Crippen LogP contribution in [0.4, 0.5) is 0 Å². The van der Waals surface area contributed by atoms with Gasteiger partial charge < -0.3 is 0 Å². The third-order valence-corrected chi connectivity index (χ3v) is 3.40. The second-order valence-electron chi connectivity index (χ2n) is 2.90. The number of halogens is 1. The molecule has 1 heterocycles. The SMILES string of the molecule is Cc1cc(Br)cc2scc(C=O)c12. The minimum atomic E-state index is 0.796. The number of carbonyl (C=O) groups excluding carboxylic acids is 1. The van der Waals surface area contributed by atoms with Crippen molar-refractivity contribution in [2.75, 3.05) is 0 Å². The van der Waals surface area contributed by atoms with Crippen molar-refractivity contribution in [1.82, 2.24) is 0 Å². The van der Waals surface area contributed by atoms with E-state index in [1.807, 2.05) is 24.4 Å². The minimum Gasteiger partial charge on any atom is -0.298 e. The highest BCUT2D eigenvalue weighted by Gasteiger charge is 2.06. The summed E-state index contributed by atoms with van der Waals surface area (Å²) in [5.74, 6) is 0. The van der Waals surface area contributed by atoms with Crippen LogP contribution in [0.15, 0.2) is 22.0 Å². The molecule has 0 unspecified atom stereocenters. The van der Waals surface area contributed by atoms with Gasteiger partial charge in [0.1, 0.15) is 0 Å². The third-order valence-electron chi connectivity index (χ3n) is 1.99. The van der Waals surface area contributed by atoms with Gasteiger partial charge in [0.2, 0.25) is 0 Å². The molecule has 0 bridgehead atoms. The molecule has 0 fully saturated rings. The van der Waals surface area contributed by atoms with Gasteiger partial charge in [0.15, 0.2) is 6.29 Å². The van der Waals surface area contributed by atoms with E-state index in [0.717, 1.165) is 32.0 Å². The van der Waals surface area contributed by atoms with Gasteiger partial charge in [-0.05, 0) is 24.6 Å². The van der Waals surface area contributed by atoms with Crippen LogP contribution in [0, 0.1) is 6.92 Å². The molecule has 2 rings (SSSR count). The van der Waals surface area contributed by atoms with E-state index >= 15 is 0 Å². The van der Waals surface area contributed by atoms with Gasteiger partial charge in [0, 0.05) is 25.5 Å². The van der Waals surface area contributed by atoms with Gasteiger partial charge in [-0.2, -0.15) is 0 Å². The Hall–Kier alpha value is -0.670. The molecule has 0 spiro atoms. The van der Waals surface area contributed by atoms with Gasteiger partial charge >= 0.3 is 0 Å². The molecular formula is C10H7BrOS. The molecule has 3 heteroatoms. The highest BCUT2D eigenvalue weighted by Crippen LogP contribution is 2.30. The van der Waals surface area contributed by atoms with E-state index in [1.54, 1.807) is 11.3 Å². The molecular weight excluding hydrogens is 248 g/mol. The predicted molar refractivity (Wildman–Crippen MR) is 59.6 cm³/mol. The monoisotopic (exact) mass is 254 g/mol. The Morgan fingerprint density at radius 1 is 1.46 bits per heavy atom. The van der Waals surface area contributed by atoms with Gasteiger partial charge in [-0.3, -0.25) is 4.79 Å². The van der Waals surface area contributed by atoms with Crippen molar-refractivity contribution in [1.29, 1.82) is 0 Å². The van der Waals surface area contributed by atoms with E-state index in [-0.39, 0.29) is 0 Å². The Kier molecular flexibility index (Phi) is 2.22. The molecule has 0 N–H and O–H groups in total. The highest BCUT2D eigenvalue weighted by atomic mass is 79.9. The zero-order chi connectivity index (χ0) is 9.42. The van der Waals surface area contributed by atoms with Crippen molar-refractivity contribution < 1.29 is 4.79 Å². The molecule has 1 aromatic heterocycles. The van der Waals surface area contributed by atoms with Gasteiger partial charge in [-0.1, -0.05) is 15.9 Å². The molecule has 2 aromatic rings. The summed E-state index contributed by atoms with van der Waals surface area (Å²) in [6.07, 6.45) is 0.916. The Morgan fingerprint density at radius 2 is 2.23 bits per heavy atom. The molecule has 0 radical (unpaired) electrons. The Balaban J connectivity index is 2.89. The summed E-state index contributed by atoms with van der Waals surface area (Å²) in [5.41, 5.74) is 1.94. The highest BCUT2D eigenvalue weighted by molar-refractivity contribution is 9.10. The summed E-state index contributed by atoms with van der Waals surface area (Å²) in [6.45, 7) is 2.02. The predicted octanol–water partition coefficient (Wildman–Crippen LogP) is 3.78. The summed E-state index contributed by atoms with van der Waals surface area (Å²) in [4.78, 5) is 10.7. The van der Waals surface area contributed by atoms with E-state index in [2.05, 4.69) is 15.9 Å². The second-order valence-corrected chi connectivity index (χ2v) is 4.73. The first-order chi connectivity index (χ1) is 6.22. The van der Waals surface area contributed by atoms with E-state index in [9.17, 15) is 4.79 Å². The first-order valence-corrected chi connectivity index (χ1v) is 5.52. The standard InChI is InChI=1S/C10H7BrOS/c1-6-2-8(11)3-9-10(6)7(4-12)5-13-9/h2-5H,1H3. The molecule has 0 atom stereocenters. The van der Waals surface area contributed by atoms with Crippen LogP contribution in [0.1, 0.15) is 15.9 Å². The smallest absolute Gasteiger partial charge is 0.151 e. The van der Waals surface area contributed by atoms with Crippen LogP contribution >= 0.6 is 27.3 Å². The number of hydrogen-bond donors (Lipinski definition) is 0. The quantitative estimate of drug-likeness (QED) is 0.708. The number of fused-ring (bicyclic) bond motifs is 1. The number of hydrogen-bond acceptors (Lipinski definition) is 2. The maximum Gasteiger partial charge on any atom is 0.151 e. The van der Waals surface area contributed by atoms with Crippen LogP contribution in [-0.4, -0.2) is 6.29 Å². The molecule has 0 aliphatic rings.